The van der Waals surface area contributed by atoms with E-state index in [1.807, 2.05) is 13.0 Å². The summed E-state index contributed by atoms with van der Waals surface area (Å²) in [5.41, 5.74) is 2.20. The quantitative estimate of drug-likeness (QED) is 0.866. The molecule has 1 fully saturated rings. The van der Waals surface area contributed by atoms with E-state index in [9.17, 15) is 13.2 Å². The van der Waals surface area contributed by atoms with Gasteiger partial charge in [-0.2, -0.15) is 0 Å². The summed E-state index contributed by atoms with van der Waals surface area (Å²) in [6.45, 7) is 2.73. The zero-order valence-electron chi connectivity index (χ0n) is 13.0. The van der Waals surface area contributed by atoms with E-state index in [2.05, 4.69) is 4.72 Å². The molecule has 1 N–H and O–H groups in total. The van der Waals surface area contributed by atoms with Crippen molar-refractivity contribution in [2.24, 2.45) is 0 Å². The van der Waals surface area contributed by atoms with Crippen molar-refractivity contribution in [3.05, 3.63) is 23.8 Å². The highest BCUT2D eigenvalue weighted by Crippen LogP contribution is 2.28. The van der Waals surface area contributed by atoms with Gasteiger partial charge in [0.05, 0.1) is 18.0 Å². The lowest BCUT2D eigenvalue weighted by Gasteiger charge is -2.28. The molecule has 0 unspecified atom stereocenters. The van der Waals surface area contributed by atoms with Crippen molar-refractivity contribution < 1.29 is 17.9 Å². The Balaban J connectivity index is 2.21. The number of benzene rings is 1. The number of nitrogens with one attached hydrogen (secondary N) is 1. The summed E-state index contributed by atoms with van der Waals surface area (Å²) >= 11 is 0. The second kappa shape index (κ2) is 7.11. The number of sulfonamides is 1. The molecule has 1 heterocycles. The zero-order valence-corrected chi connectivity index (χ0v) is 13.8. The number of amides is 1. The van der Waals surface area contributed by atoms with Crippen LogP contribution in [0.2, 0.25) is 0 Å². The van der Waals surface area contributed by atoms with Crippen LogP contribution < -0.4 is 9.62 Å². The van der Waals surface area contributed by atoms with E-state index in [1.54, 1.807) is 17.0 Å². The van der Waals surface area contributed by atoms with Gasteiger partial charge < -0.3 is 9.64 Å². The molecule has 22 heavy (non-hydrogen) atoms. The molecular formula is C15H22N2O4S. The molecule has 0 spiro atoms. The van der Waals surface area contributed by atoms with Crippen molar-refractivity contribution >= 4 is 27.3 Å². The van der Waals surface area contributed by atoms with Crippen molar-refractivity contribution in [3.8, 4) is 0 Å². The number of hydrogen-bond donors (Lipinski definition) is 1. The molecule has 1 aliphatic rings. The monoisotopic (exact) mass is 326 g/mol. The number of anilines is 2. The third kappa shape index (κ3) is 4.20. The van der Waals surface area contributed by atoms with Crippen LogP contribution in [-0.4, -0.2) is 40.3 Å². The third-order valence-corrected chi connectivity index (χ3v) is 4.90. The number of nitrogens with zero attached hydrogens (tertiary/aromatic N) is 1. The number of methoxy groups -OCH3 is 1. The Morgan fingerprint density at radius 2 is 2.09 bits per heavy atom. The average Bonchev–Trinajstić information content (AvgIpc) is 2.48. The summed E-state index contributed by atoms with van der Waals surface area (Å²) in [7, 11) is -1.99. The predicted molar refractivity (Wildman–Crippen MR) is 86.7 cm³/mol. The molecule has 0 aliphatic carbocycles. The summed E-state index contributed by atoms with van der Waals surface area (Å²) in [4.78, 5) is 13.8. The van der Waals surface area contributed by atoms with Gasteiger partial charge in [0.2, 0.25) is 15.9 Å². The van der Waals surface area contributed by atoms with Crippen LogP contribution in [0.5, 0.6) is 0 Å². The molecule has 0 radical (unpaired) electrons. The molecule has 1 aliphatic heterocycles. The van der Waals surface area contributed by atoms with E-state index in [1.165, 1.54) is 7.11 Å². The van der Waals surface area contributed by atoms with E-state index in [0.29, 0.717) is 18.7 Å². The Morgan fingerprint density at radius 1 is 1.32 bits per heavy atom. The number of rotatable bonds is 6. The fraction of sp³-hybridized carbons (Fsp3) is 0.533. The van der Waals surface area contributed by atoms with Gasteiger partial charge in [0.1, 0.15) is 0 Å². The van der Waals surface area contributed by atoms with Gasteiger partial charge in [-0.1, -0.05) is 6.07 Å². The zero-order chi connectivity index (χ0) is 16.2. The summed E-state index contributed by atoms with van der Waals surface area (Å²) < 4.78 is 31.2. The Bertz CT molecular complexity index is 643. The molecule has 0 bridgehead atoms. The number of aryl methyl sites for hydroxylation is 1. The number of ether oxygens (including phenoxy) is 1. The molecule has 2 rings (SSSR count). The first kappa shape index (κ1) is 16.8. The van der Waals surface area contributed by atoms with Crippen LogP contribution in [0.25, 0.3) is 0 Å². The molecule has 6 nitrogen and oxygen atoms in total. The van der Waals surface area contributed by atoms with E-state index in [-0.39, 0.29) is 18.3 Å². The minimum atomic E-state index is -3.45. The Labute approximate surface area is 131 Å². The molecule has 122 valence electrons. The summed E-state index contributed by atoms with van der Waals surface area (Å²) in [6.07, 6.45) is 2.43. The summed E-state index contributed by atoms with van der Waals surface area (Å²) in [5.74, 6) is -0.0104. The topological polar surface area (TPSA) is 75.7 Å². The maximum atomic E-state index is 12.1. The first-order valence-corrected chi connectivity index (χ1v) is 8.98. The Hall–Kier alpha value is -1.60. The van der Waals surface area contributed by atoms with Crippen LogP contribution in [0.4, 0.5) is 11.4 Å². The van der Waals surface area contributed by atoms with E-state index in [0.717, 1.165) is 24.1 Å². The Kier molecular flexibility index (Phi) is 5.42. The summed E-state index contributed by atoms with van der Waals surface area (Å²) in [5, 5.41) is 0. The minimum Gasteiger partial charge on any atom is -0.384 e. The fourth-order valence-electron chi connectivity index (χ4n) is 2.45. The normalized spacial score (nSPS) is 15.9. The number of carbonyl (C=O) groups is 1. The Morgan fingerprint density at radius 3 is 2.77 bits per heavy atom. The van der Waals surface area contributed by atoms with Crippen LogP contribution in [0.3, 0.4) is 0 Å². The molecule has 7 heteroatoms. The van der Waals surface area contributed by atoms with Gasteiger partial charge >= 0.3 is 0 Å². The lowest BCUT2D eigenvalue weighted by atomic mass is 10.1. The first-order valence-electron chi connectivity index (χ1n) is 7.33. The number of piperidine rings is 1. The first-order chi connectivity index (χ1) is 10.4. The van der Waals surface area contributed by atoms with E-state index < -0.39 is 10.0 Å². The van der Waals surface area contributed by atoms with Gasteiger partial charge in [-0.25, -0.2) is 8.42 Å². The van der Waals surface area contributed by atoms with Gasteiger partial charge in [0.15, 0.2) is 0 Å². The smallest absolute Gasteiger partial charge is 0.235 e. The second-order valence-electron chi connectivity index (χ2n) is 5.42. The largest absolute Gasteiger partial charge is 0.384 e. The highest BCUT2D eigenvalue weighted by molar-refractivity contribution is 7.92. The van der Waals surface area contributed by atoms with Crippen LogP contribution in [0.15, 0.2) is 18.2 Å². The van der Waals surface area contributed by atoms with Crippen LogP contribution in [0, 0.1) is 6.92 Å². The lowest BCUT2D eigenvalue weighted by molar-refractivity contribution is -0.119. The highest BCUT2D eigenvalue weighted by Gasteiger charge is 2.21. The number of carbonyl (C=O) groups excluding carboxylic acids is 1. The molecule has 1 amide bonds. The SMILES string of the molecule is COCCS(=O)(=O)Nc1ccc(C)c(N2CCCCC2=O)c1. The van der Waals surface area contributed by atoms with Gasteiger partial charge in [-0.05, 0) is 37.5 Å². The maximum absolute atomic E-state index is 12.1. The van der Waals surface area contributed by atoms with Crippen molar-refractivity contribution in [1.82, 2.24) is 0 Å². The maximum Gasteiger partial charge on any atom is 0.235 e. The number of hydrogen-bond acceptors (Lipinski definition) is 4. The van der Waals surface area contributed by atoms with Crippen molar-refractivity contribution in [2.45, 2.75) is 26.2 Å². The van der Waals surface area contributed by atoms with Crippen molar-refractivity contribution in [3.63, 3.8) is 0 Å². The molecule has 0 atom stereocenters. The highest BCUT2D eigenvalue weighted by atomic mass is 32.2. The molecule has 1 saturated heterocycles. The van der Waals surface area contributed by atoms with Gasteiger partial charge in [-0.3, -0.25) is 9.52 Å². The molecule has 0 saturated carbocycles. The van der Waals surface area contributed by atoms with E-state index >= 15 is 0 Å². The molecule has 1 aromatic carbocycles. The summed E-state index contributed by atoms with van der Waals surface area (Å²) in [6, 6.07) is 5.26. The molecule has 0 aromatic heterocycles. The average molecular weight is 326 g/mol. The van der Waals surface area contributed by atoms with Crippen molar-refractivity contribution in [1.29, 1.82) is 0 Å². The van der Waals surface area contributed by atoms with Gasteiger partial charge in [0.25, 0.3) is 0 Å². The van der Waals surface area contributed by atoms with Crippen LogP contribution >= 0.6 is 0 Å². The van der Waals surface area contributed by atoms with Gasteiger partial charge in [0, 0.05) is 25.8 Å². The third-order valence-electron chi connectivity index (χ3n) is 3.65. The van der Waals surface area contributed by atoms with Crippen LogP contribution in [-0.2, 0) is 19.6 Å². The fourth-order valence-corrected chi connectivity index (χ4v) is 3.42. The van der Waals surface area contributed by atoms with E-state index in [4.69, 9.17) is 4.74 Å². The van der Waals surface area contributed by atoms with Gasteiger partial charge in [-0.15, -0.1) is 0 Å². The van der Waals surface area contributed by atoms with Crippen molar-refractivity contribution in [2.75, 3.05) is 35.6 Å². The predicted octanol–water partition coefficient (Wildman–Crippen LogP) is 1.90. The molecule has 1 aromatic rings. The lowest BCUT2D eigenvalue weighted by Crippen LogP contribution is -2.35. The van der Waals surface area contributed by atoms with Crippen LogP contribution in [0.1, 0.15) is 24.8 Å². The standard InChI is InChI=1S/C15H22N2O4S/c1-12-6-7-13(16-22(19,20)10-9-21-2)11-14(12)17-8-4-3-5-15(17)18/h6-7,11,16H,3-5,8-10H2,1-2H3. The second-order valence-corrected chi connectivity index (χ2v) is 7.26. The minimum absolute atomic E-state index is 0.0914. The molecular weight excluding hydrogens is 304 g/mol.